The molecule has 0 spiro atoms. The van der Waals surface area contributed by atoms with Crippen LogP contribution in [0.15, 0.2) is 0 Å². The predicted molar refractivity (Wildman–Crippen MR) is 74.3 cm³/mol. The Morgan fingerprint density at radius 3 is 2.55 bits per heavy atom. The van der Waals surface area contributed by atoms with Crippen molar-refractivity contribution < 1.29 is 19.4 Å². The lowest BCUT2D eigenvalue weighted by atomic mass is 9.71. The van der Waals surface area contributed by atoms with Crippen LogP contribution in [0.25, 0.3) is 0 Å². The Morgan fingerprint density at radius 2 is 2.00 bits per heavy atom. The quantitative estimate of drug-likeness (QED) is 0.808. The van der Waals surface area contributed by atoms with Crippen LogP contribution in [0.2, 0.25) is 0 Å². The molecular formula is C15H25NO4. The SMILES string of the molecule is CC1CCOC1C(=O)NCC1(CC(=O)O)CCCCC1. The van der Waals surface area contributed by atoms with Gasteiger partial charge in [0.25, 0.3) is 0 Å². The summed E-state index contributed by atoms with van der Waals surface area (Å²) >= 11 is 0. The minimum absolute atomic E-state index is 0.0784. The van der Waals surface area contributed by atoms with E-state index in [-0.39, 0.29) is 29.8 Å². The number of carbonyl (C=O) groups is 2. The predicted octanol–water partition coefficient (Wildman–Crippen LogP) is 1.95. The number of hydrogen-bond acceptors (Lipinski definition) is 3. The number of aliphatic carboxylic acids is 1. The average Bonchev–Trinajstić information content (AvgIpc) is 2.83. The number of nitrogens with one attached hydrogen (secondary N) is 1. The van der Waals surface area contributed by atoms with Crippen molar-refractivity contribution in [2.75, 3.05) is 13.2 Å². The van der Waals surface area contributed by atoms with Crippen molar-refractivity contribution in [1.82, 2.24) is 5.32 Å². The normalized spacial score (nSPS) is 29.1. The molecule has 1 aliphatic carbocycles. The molecule has 2 rings (SSSR count). The minimum Gasteiger partial charge on any atom is -0.481 e. The topological polar surface area (TPSA) is 75.6 Å². The number of hydrogen-bond donors (Lipinski definition) is 2. The Hall–Kier alpha value is -1.10. The highest BCUT2D eigenvalue weighted by atomic mass is 16.5. The number of carboxylic acids is 1. The molecule has 0 bridgehead atoms. The van der Waals surface area contributed by atoms with Gasteiger partial charge in [-0.05, 0) is 30.6 Å². The molecule has 2 aliphatic rings. The van der Waals surface area contributed by atoms with Gasteiger partial charge in [0.15, 0.2) is 0 Å². The first kappa shape index (κ1) is 15.3. The lowest BCUT2D eigenvalue weighted by molar-refractivity contribution is -0.141. The van der Waals surface area contributed by atoms with E-state index in [0.29, 0.717) is 13.2 Å². The van der Waals surface area contributed by atoms with Crippen LogP contribution in [-0.2, 0) is 14.3 Å². The lowest BCUT2D eigenvalue weighted by Crippen LogP contribution is -2.45. The molecule has 2 fully saturated rings. The Balaban J connectivity index is 1.91. The first-order chi connectivity index (χ1) is 9.52. The van der Waals surface area contributed by atoms with E-state index in [1.165, 1.54) is 0 Å². The van der Waals surface area contributed by atoms with Gasteiger partial charge in [-0.15, -0.1) is 0 Å². The molecule has 20 heavy (non-hydrogen) atoms. The van der Waals surface area contributed by atoms with Gasteiger partial charge >= 0.3 is 5.97 Å². The molecule has 0 aromatic heterocycles. The molecule has 114 valence electrons. The van der Waals surface area contributed by atoms with E-state index in [0.717, 1.165) is 38.5 Å². The van der Waals surface area contributed by atoms with Crippen molar-refractivity contribution in [3.63, 3.8) is 0 Å². The highest BCUT2D eigenvalue weighted by molar-refractivity contribution is 5.81. The van der Waals surface area contributed by atoms with E-state index in [2.05, 4.69) is 5.32 Å². The molecular weight excluding hydrogens is 258 g/mol. The highest BCUT2D eigenvalue weighted by Crippen LogP contribution is 2.38. The summed E-state index contributed by atoms with van der Waals surface area (Å²) in [6, 6.07) is 0. The van der Waals surface area contributed by atoms with E-state index in [1.54, 1.807) is 0 Å². The van der Waals surface area contributed by atoms with Crippen LogP contribution in [0.5, 0.6) is 0 Å². The molecule has 5 nitrogen and oxygen atoms in total. The van der Waals surface area contributed by atoms with E-state index >= 15 is 0 Å². The van der Waals surface area contributed by atoms with Gasteiger partial charge in [0, 0.05) is 13.2 Å². The lowest BCUT2D eigenvalue weighted by Gasteiger charge is -2.36. The van der Waals surface area contributed by atoms with Crippen LogP contribution < -0.4 is 5.32 Å². The zero-order valence-electron chi connectivity index (χ0n) is 12.2. The largest absolute Gasteiger partial charge is 0.481 e. The molecule has 0 aromatic carbocycles. The van der Waals surface area contributed by atoms with E-state index in [4.69, 9.17) is 9.84 Å². The van der Waals surface area contributed by atoms with Crippen LogP contribution in [0.1, 0.15) is 51.9 Å². The Kier molecular flexibility index (Phi) is 5.02. The van der Waals surface area contributed by atoms with Gasteiger partial charge in [-0.2, -0.15) is 0 Å². The number of carboxylic acid groups (broad SMARTS) is 1. The molecule has 0 aromatic rings. The van der Waals surface area contributed by atoms with Crippen LogP contribution in [0.3, 0.4) is 0 Å². The number of amides is 1. The van der Waals surface area contributed by atoms with Crippen molar-refractivity contribution in [2.24, 2.45) is 11.3 Å². The maximum atomic E-state index is 12.1. The summed E-state index contributed by atoms with van der Waals surface area (Å²) in [7, 11) is 0. The fourth-order valence-corrected chi connectivity index (χ4v) is 3.44. The Bertz CT molecular complexity index is 363. The van der Waals surface area contributed by atoms with Gasteiger partial charge in [-0.25, -0.2) is 0 Å². The summed E-state index contributed by atoms with van der Waals surface area (Å²) in [6.45, 7) is 3.12. The van der Waals surface area contributed by atoms with Gasteiger partial charge in [-0.3, -0.25) is 9.59 Å². The summed E-state index contributed by atoms with van der Waals surface area (Å²) < 4.78 is 5.45. The zero-order valence-corrected chi connectivity index (χ0v) is 12.2. The maximum absolute atomic E-state index is 12.1. The summed E-state index contributed by atoms with van der Waals surface area (Å²) in [6.07, 6.45) is 5.76. The van der Waals surface area contributed by atoms with Gasteiger partial charge in [0.1, 0.15) is 6.10 Å². The van der Waals surface area contributed by atoms with Crippen LogP contribution >= 0.6 is 0 Å². The third-order valence-electron chi connectivity index (χ3n) is 4.72. The standard InChI is InChI=1S/C15H25NO4/c1-11-5-8-20-13(11)14(19)16-10-15(9-12(17)18)6-3-2-4-7-15/h11,13H,2-10H2,1H3,(H,16,19)(H,17,18). The molecule has 0 radical (unpaired) electrons. The van der Waals surface area contributed by atoms with Crippen molar-refractivity contribution in [1.29, 1.82) is 0 Å². The van der Waals surface area contributed by atoms with Gasteiger partial charge in [0.05, 0.1) is 6.42 Å². The highest BCUT2D eigenvalue weighted by Gasteiger charge is 2.37. The molecule has 1 aliphatic heterocycles. The second-order valence-corrected chi connectivity index (χ2v) is 6.41. The molecule has 5 heteroatoms. The fraction of sp³-hybridized carbons (Fsp3) is 0.867. The third-order valence-corrected chi connectivity index (χ3v) is 4.72. The first-order valence-corrected chi connectivity index (χ1v) is 7.64. The summed E-state index contributed by atoms with van der Waals surface area (Å²) in [5, 5.41) is 12.1. The van der Waals surface area contributed by atoms with Crippen molar-refractivity contribution >= 4 is 11.9 Å². The first-order valence-electron chi connectivity index (χ1n) is 7.64. The number of carbonyl (C=O) groups excluding carboxylic acids is 1. The second-order valence-electron chi connectivity index (χ2n) is 6.41. The molecule has 2 atom stereocenters. The second kappa shape index (κ2) is 6.57. The maximum Gasteiger partial charge on any atom is 0.303 e. The Morgan fingerprint density at radius 1 is 1.30 bits per heavy atom. The van der Waals surface area contributed by atoms with Crippen LogP contribution in [0.4, 0.5) is 0 Å². The van der Waals surface area contributed by atoms with E-state index in [1.807, 2.05) is 6.92 Å². The number of rotatable bonds is 5. The monoisotopic (exact) mass is 283 g/mol. The molecule has 2 unspecified atom stereocenters. The third kappa shape index (κ3) is 3.72. The fourth-order valence-electron chi connectivity index (χ4n) is 3.44. The molecule has 1 heterocycles. The molecule has 1 amide bonds. The smallest absolute Gasteiger partial charge is 0.303 e. The van der Waals surface area contributed by atoms with E-state index in [9.17, 15) is 9.59 Å². The van der Waals surface area contributed by atoms with Gasteiger partial charge < -0.3 is 15.2 Å². The van der Waals surface area contributed by atoms with Crippen molar-refractivity contribution in [3.8, 4) is 0 Å². The van der Waals surface area contributed by atoms with Crippen LogP contribution in [-0.4, -0.2) is 36.2 Å². The molecule has 1 saturated carbocycles. The van der Waals surface area contributed by atoms with Gasteiger partial charge in [0.2, 0.25) is 5.91 Å². The van der Waals surface area contributed by atoms with Crippen LogP contribution in [0, 0.1) is 11.3 Å². The molecule has 1 saturated heterocycles. The van der Waals surface area contributed by atoms with Gasteiger partial charge in [-0.1, -0.05) is 26.2 Å². The average molecular weight is 283 g/mol. The minimum atomic E-state index is -0.772. The summed E-state index contributed by atoms with van der Waals surface area (Å²) in [5.41, 5.74) is -0.262. The van der Waals surface area contributed by atoms with Crippen molar-refractivity contribution in [2.45, 2.75) is 58.0 Å². The molecule has 2 N–H and O–H groups in total. The van der Waals surface area contributed by atoms with E-state index < -0.39 is 5.97 Å². The Labute approximate surface area is 120 Å². The number of ether oxygens (including phenoxy) is 1. The summed E-state index contributed by atoms with van der Waals surface area (Å²) in [4.78, 5) is 23.2. The van der Waals surface area contributed by atoms with Crippen molar-refractivity contribution in [3.05, 3.63) is 0 Å². The zero-order chi connectivity index (χ0) is 14.6. The summed E-state index contributed by atoms with van der Waals surface area (Å²) in [5.74, 6) is -0.603.